The van der Waals surface area contributed by atoms with Crippen LogP contribution in [0.3, 0.4) is 0 Å². The van der Waals surface area contributed by atoms with E-state index in [4.69, 9.17) is 5.11 Å². The van der Waals surface area contributed by atoms with Crippen LogP contribution in [-0.2, 0) is 14.4 Å². The number of carbonyl (C=O) groups excluding carboxylic acids is 2. The minimum atomic E-state index is -1.06. The largest absolute Gasteiger partial charge is 0.481 e. The summed E-state index contributed by atoms with van der Waals surface area (Å²) in [6.45, 7) is 2.37. The number of carbonyl (C=O) groups is 3. The molecular weight excluding hydrogens is 250 g/mol. The van der Waals surface area contributed by atoms with Crippen molar-refractivity contribution in [1.82, 2.24) is 15.5 Å². The van der Waals surface area contributed by atoms with Crippen molar-refractivity contribution in [3.05, 3.63) is 0 Å². The van der Waals surface area contributed by atoms with E-state index in [2.05, 4.69) is 10.6 Å². The van der Waals surface area contributed by atoms with Crippen molar-refractivity contribution in [3.63, 3.8) is 0 Å². The third-order valence-corrected chi connectivity index (χ3v) is 3.67. The van der Waals surface area contributed by atoms with Gasteiger partial charge in [0.25, 0.3) is 0 Å². The molecule has 0 radical (unpaired) electrons. The Morgan fingerprint density at radius 1 is 1.26 bits per heavy atom. The lowest BCUT2D eigenvalue weighted by Gasteiger charge is -2.37. The van der Waals surface area contributed by atoms with Crippen LogP contribution < -0.4 is 10.6 Å². The first kappa shape index (κ1) is 13.8. The molecule has 1 unspecified atom stereocenters. The van der Waals surface area contributed by atoms with Gasteiger partial charge in [-0.3, -0.25) is 14.4 Å². The average molecular weight is 269 g/mol. The first-order chi connectivity index (χ1) is 9.09. The quantitative estimate of drug-likeness (QED) is 0.597. The SMILES string of the molecule is O=C(O)CC1C(=O)NCCN1C(=O)C1CCNCC1. The smallest absolute Gasteiger partial charge is 0.305 e. The molecule has 0 aliphatic carbocycles. The number of hydrogen-bond acceptors (Lipinski definition) is 4. The first-order valence-corrected chi connectivity index (χ1v) is 6.60. The van der Waals surface area contributed by atoms with Crippen molar-refractivity contribution in [2.45, 2.75) is 25.3 Å². The van der Waals surface area contributed by atoms with E-state index < -0.39 is 12.0 Å². The van der Waals surface area contributed by atoms with Crippen LogP contribution in [0, 0.1) is 5.92 Å². The van der Waals surface area contributed by atoms with Crippen LogP contribution >= 0.6 is 0 Å². The Hall–Kier alpha value is -1.63. The Bertz CT molecular complexity index is 379. The van der Waals surface area contributed by atoms with Crippen molar-refractivity contribution in [2.75, 3.05) is 26.2 Å². The summed E-state index contributed by atoms with van der Waals surface area (Å²) < 4.78 is 0. The summed E-state index contributed by atoms with van der Waals surface area (Å²) in [6, 6.07) is -0.867. The number of nitrogens with zero attached hydrogens (tertiary/aromatic N) is 1. The molecule has 0 saturated carbocycles. The number of rotatable bonds is 3. The second kappa shape index (κ2) is 6.01. The minimum Gasteiger partial charge on any atom is -0.481 e. The summed E-state index contributed by atoms with van der Waals surface area (Å²) in [4.78, 5) is 36.4. The molecule has 0 aromatic heterocycles. The second-order valence-electron chi connectivity index (χ2n) is 4.96. The van der Waals surface area contributed by atoms with E-state index >= 15 is 0 Å². The molecular formula is C12H19N3O4. The molecule has 2 amide bonds. The lowest BCUT2D eigenvalue weighted by atomic mass is 9.95. The fraction of sp³-hybridized carbons (Fsp3) is 0.750. The molecule has 3 N–H and O–H groups in total. The number of nitrogens with one attached hydrogen (secondary N) is 2. The van der Waals surface area contributed by atoms with Crippen molar-refractivity contribution < 1.29 is 19.5 Å². The Balaban J connectivity index is 2.07. The van der Waals surface area contributed by atoms with Crippen LogP contribution in [0.25, 0.3) is 0 Å². The normalized spacial score (nSPS) is 24.9. The molecule has 7 heteroatoms. The highest BCUT2D eigenvalue weighted by molar-refractivity contribution is 5.92. The fourth-order valence-electron chi connectivity index (χ4n) is 2.65. The Labute approximate surface area is 111 Å². The molecule has 0 aromatic carbocycles. The van der Waals surface area contributed by atoms with Crippen LogP contribution in [0.1, 0.15) is 19.3 Å². The van der Waals surface area contributed by atoms with Crippen molar-refractivity contribution in [1.29, 1.82) is 0 Å². The number of carboxylic acid groups (broad SMARTS) is 1. The predicted molar refractivity (Wildman–Crippen MR) is 66.4 cm³/mol. The monoisotopic (exact) mass is 269 g/mol. The molecule has 2 heterocycles. The number of hydrogen-bond donors (Lipinski definition) is 3. The van der Waals surface area contributed by atoms with E-state index in [1.165, 1.54) is 4.90 Å². The average Bonchev–Trinajstić information content (AvgIpc) is 2.41. The summed E-state index contributed by atoms with van der Waals surface area (Å²) in [5.41, 5.74) is 0. The van der Waals surface area contributed by atoms with E-state index in [0.717, 1.165) is 25.9 Å². The van der Waals surface area contributed by atoms with Gasteiger partial charge < -0.3 is 20.6 Å². The Morgan fingerprint density at radius 2 is 1.95 bits per heavy atom. The number of aliphatic carboxylic acids is 1. The van der Waals surface area contributed by atoms with Gasteiger partial charge in [0.1, 0.15) is 6.04 Å². The molecule has 2 fully saturated rings. The lowest BCUT2D eigenvalue weighted by molar-refractivity contribution is -0.151. The predicted octanol–water partition coefficient (Wildman–Crippen LogP) is -1.21. The van der Waals surface area contributed by atoms with E-state index in [1.807, 2.05) is 0 Å². The van der Waals surface area contributed by atoms with Gasteiger partial charge in [-0.25, -0.2) is 0 Å². The zero-order valence-corrected chi connectivity index (χ0v) is 10.7. The Morgan fingerprint density at radius 3 is 2.58 bits per heavy atom. The van der Waals surface area contributed by atoms with Gasteiger partial charge in [-0.2, -0.15) is 0 Å². The van der Waals surface area contributed by atoms with Crippen molar-refractivity contribution in [3.8, 4) is 0 Å². The zero-order chi connectivity index (χ0) is 13.8. The van der Waals surface area contributed by atoms with Gasteiger partial charge in [0.2, 0.25) is 11.8 Å². The molecule has 1 atom stereocenters. The molecule has 0 aromatic rings. The van der Waals surface area contributed by atoms with Crippen molar-refractivity contribution >= 4 is 17.8 Å². The van der Waals surface area contributed by atoms with Gasteiger partial charge in [-0.15, -0.1) is 0 Å². The maximum atomic E-state index is 12.4. The highest BCUT2D eigenvalue weighted by Crippen LogP contribution is 2.19. The Kier molecular flexibility index (Phi) is 4.36. The van der Waals surface area contributed by atoms with Gasteiger partial charge in [-0.05, 0) is 25.9 Å². The molecule has 7 nitrogen and oxygen atoms in total. The van der Waals surface area contributed by atoms with Crippen molar-refractivity contribution in [2.24, 2.45) is 5.92 Å². The standard InChI is InChI=1S/C12H19N3O4/c16-10(17)7-9-11(18)14-5-6-15(9)12(19)8-1-3-13-4-2-8/h8-9,13H,1-7H2,(H,14,18)(H,16,17). The van der Waals surface area contributed by atoms with Gasteiger partial charge >= 0.3 is 5.97 Å². The summed E-state index contributed by atoms with van der Waals surface area (Å²) >= 11 is 0. The van der Waals surface area contributed by atoms with E-state index in [0.29, 0.717) is 13.1 Å². The molecule has 2 aliphatic heterocycles. The van der Waals surface area contributed by atoms with E-state index in [-0.39, 0.29) is 24.2 Å². The number of carboxylic acids is 1. The zero-order valence-electron chi connectivity index (χ0n) is 10.7. The number of amides is 2. The highest BCUT2D eigenvalue weighted by atomic mass is 16.4. The number of piperazine rings is 1. The van der Waals surface area contributed by atoms with Crippen LogP contribution in [0.4, 0.5) is 0 Å². The van der Waals surface area contributed by atoms with Gasteiger partial charge in [0.05, 0.1) is 6.42 Å². The summed E-state index contributed by atoms with van der Waals surface area (Å²) in [7, 11) is 0. The summed E-state index contributed by atoms with van der Waals surface area (Å²) in [5, 5.41) is 14.7. The minimum absolute atomic E-state index is 0.0809. The molecule has 2 aliphatic rings. The van der Waals surface area contributed by atoms with Crippen LogP contribution in [0.5, 0.6) is 0 Å². The van der Waals surface area contributed by atoms with E-state index in [9.17, 15) is 14.4 Å². The maximum absolute atomic E-state index is 12.4. The topological polar surface area (TPSA) is 98.7 Å². The molecule has 0 bridgehead atoms. The first-order valence-electron chi connectivity index (χ1n) is 6.60. The molecule has 2 saturated heterocycles. The summed E-state index contributed by atoms with van der Waals surface area (Å²) in [6.07, 6.45) is 1.16. The van der Waals surface area contributed by atoms with Gasteiger partial charge in [0.15, 0.2) is 0 Å². The van der Waals surface area contributed by atoms with Crippen LogP contribution in [0.15, 0.2) is 0 Å². The lowest BCUT2D eigenvalue weighted by Crippen LogP contribution is -2.59. The second-order valence-corrected chi connectivity index (χ2v) is 4.96. The molecule has 106 valence electrons. The third kappa shape index (κ3) is 3.23. The highest BCUT2D eigenvalue weighted by Gasteiger charge is 2.37. The van der Waals surface area contributed by atoms with E-state index in [1.54, 1.807) is 0 Å². The maximum Gasteiger partial charge on any atom is 0.305 e. The third-order valence-electron chi connectivity index (χ3n) is 3.67. The summed E-state index contributed by atoms with van der Waals surface area (Å²) in [5.74, 6) is -1.60. The van der Waals surface area contributed by atoms with Gasteiger partial charge in [-0.1, -0.05) is 0 Å². The molecule has 0 spiro atoms. The molecule has 2 rings (SSSR count). The number of piperidine rings is 1. The van der Waals surface area contributed by atoms with Crippen LogP contribution in [0.2, 0.25) is 0 Å². The fourth-order valence-corrected chi connectivity index (χ4v) is 2.65. The van der Waals surface area contributed by atoms with Gasteiger partial charge in [0, 0.05) is 19.0 Å². The molecule has 19 heavy (non-hydrogen) atoms. The van der Waals surface area contributed by atoms with Crippen LogP contribution in [-0.4, -0.2) is 60.0 Å².